The number of aryl methyl sites for hydroxylation is 1. The number of hydrogen-bond acceptors (Lipinski definition) is 7. The number of carbonyl (C=O) groups is 1. The highest BCUT2D eigenvalue weighted by molar-refractivity contribution is 6.36. The smallest absolute Gasteiger partial charge is 0.356 e. The van der Waals surface area contributed by atoms with Crippen LogP contribution in [-0.2, 0) is 27.6 Å². The van der Waals surface area contributed by atoms with Crippen molar-refractivity contribution in [3.05, 3.63) is 71.6 Å². The summed E-state index contributed by atoms with van der Waals surface area (Å²) in [6.07, 6.45) is 2.35. The van der Waals surface area contributed by atoms with Gasteiger partial charge < -0.3 is 18.7 Å². The third-order valence-corrected chi connectivity index (χ3v) is 4.90. The number of rotatable bonds is 12. The molecule has 0 saturated carbocycles. The lowest BCUT2D eigenvalue weighted by atomic mass is 10.2. The van der Waals surface area contributed by atoms with E-state index in [1.165, 1.54) is 0 Å². The highest BCUT2D eigenvalue weighted by Gasteiger charge is 2.14. The van der Waals surface area contributed by atoms with E-state index in [-0.39, 0.29) is 6.61 Å². The van der Waals surface area contributed by atoms with E-state index in [2.05, 4.69) is 17.1 Å². The molecule has 0 saturated heterocycles. The fourth-order valence-electron chi connectivity index (χ4n) is 3.03. The Labute approximate surface area is 194 Å². The summed E-state index contributed by atoms with van der Waals surface area (Å²) in [6, 6.07) is 17.3. The van der Waals surface area contributed by atoms with Gasteiger partial charge in [0.25, 0.3) is 0 Å². The van der Waals surface area contributed by atoms with Gasteiger partial charge in [0.2, 0.25) is 5.89 Å². The van der Waals surface area contributed by atoms with E-state index in [1.54, 1.807) is 6.92 Å². The fourth-order valence-corrected chi connectivity index (χ4v) is 3.03. The summed E-state index contributed by atoms with van der Waals surface area (Å²) < 4.78 is 16.7. The molecule has 0 atom stereocenters. The Morgan fingerprint density at radius 1 is 1.03 bits per heavy atom. The van der Waals surface area contributed by atoms with E-state index in [4.69, 9.17) is 18.7 Å². The van der Waals surface area contributed by atoms with Gasteiger partial charge in [0.05, 0.1) is 6.61 Å². The van der Waals surface area contributed by atoms with Crippen LogP contribution in [0.25, 0.3) is 11.5 Å². The average Bonchev–Trinajstić information content (AvgIpc) is 3.22. The molecule has 7 nitrogen and oxygen atoms in total. The monoisotopic (exact) mass is 450 g/mol. The maximum Gasteiger partial charge on any atom is 0.356 e. The van der Waals surface area contributed by atoms with Crippen molar-refractivity contribution < 1.29 is 23.5 Å². The standard InChI is InChI=1S/C26H30N2O5/c1-4-6-12-23(26(29)30-5-2)28-32-17-20-13-15-22(16-14-20)31-18-24-19(3)33-25(27-24)21-10-8-7-9-11-21/h7-11,13-16H,4-6,12,17-18H2,1-3H3/b28-23+. The maximum atomic E-state index is 12.0. The highest BCUT2D eigenvalue weighted by atomic mass is 16.6. The normalized spacial score (nSPS) is 11.3. The van der Waals surface area contributed by atoms with Crippen LogP contribution in [-0.4, -0.2) is 23.3 Å². The first kappa shape index (κ1) is 24.0. The minimum absolute atomic E-state index is 0.248. The van der Waals surface area contributed by atoms with E-state index in [0.717, 1.165) is 35.4 Å². The van der Waals surface area contributed by atoms with Crippen LogP contribution in [0.4, 0.5) is 0 Å². The van der Waals surface area contributed by atoms with Crippen LogP contribution in [0, 0.1) is 6.92 Å². The molecule has 3 aromatic rings. The molecule has 0 radical (unpaired) electrons. The van der Waals surface area contributed by atoms with Gasteiger partial charge in [-0.3, -0.25) is 0 Å². The van der Waals surface area contributed by atoms with Crippen LogP contribution in [0.1, 0.15) is 50.1 Å². The topological polar surface area (TPSA) is 83.2 Å². The van der Waals surface area contributed by atoms with Crippen LogP contribution < -0.4 is 4.74 Å². The van der Waals surface area contributed by atoms with Gasteiger partial charge in [0, 0.05) is 12.0 Å². The number of hydrogen-bond donors (Lipinski definition) is 0. The Kier molecular flexibility index (Phi) is 9.06. The molecule has 0 amide bonds. The molecular formula is C26H30N2O5. The van der Waals surface area contributed by atoms with Crippen molar-refractivity contribution in [3.8, 4) is 17.2 Å². The predicted molar refractivity (Wildman–Crippen MR) is 126 cm³/mol. The first-order chi connectivity index (χ1) is 16.1. The second kappa shape index (κ2) is 12.4. The lowest BCUT2D eigenvalue weighted by Crippen LogP contribution is -2.18. The SMILES string of the molecule is CCCC/C(=N\OCc1ccc(OCc2nc(-c3ccccc3)oc2C)cc1)C(=O)OCC. The van der Waals surface area contributed by atoms with Crippen molar-refractivity contribution in [3.63, 3.8) is 0 Å². The molecule has 0 N–H and O–H groups in total. The summed E-state index contributed by atoms with van der Waals surface area (Å²) >= 11 is 0. The third kappa shape index (κ3) is 7.20. The van der Waals surface area contributed by atoms with Crippen molar-refractivity contribution in [2.45, 2.75) is 53.2 Å². The van der Waals surface area contributed by atoms with Crippen molar-refractivity contribution in [1.29, 1.82) is 0 Å². The molecule has 1 heterocycles. The highest BCUT2D eigenvalue weighted by Crippen LogP contribution is 2.23. The molecule has 1 aromatic heterocycles. The molecular weight excluding hydrogens is 420 g/mol. The van der Waals surface area contributed by atoms with Gasteiger partial charge in [-0.25, -0.2) is 9.78 Å². The molecule has 0 bridgehead atoms. The molecule has 0 aliphatic heterocycles. The average molecular weight is 451 g/mol. The first-order valence-corrected chi connectivity index (χ1v) is 11.2. The van der Waals surface area contributed by atoms with Crippen LogP contribution >= 0.6 is 0 Å². The molecule has 2 aromatic carbocycles. The second-order valence-corrected chi connectivity index (χ2v) is 7.46. The van der Waals surface area contributed by atoms with E-state index in [1.807, 2.05) is 61.5 Å². The van der Waals surface area contributed by atoms with Gasteiger partial charge >= 0.3 is 5.97 Å². The molecule has 0 aliphatic carbocycles. The number of aromatic nitrogens is 1. The van der Waals surface area contributed by atoms with Crippen molar-refractivity contribution in [2.24, 2.45) is 5.16 Å². The Hall–Kier alpha value is -3.61. The van der Waals surface area contributed by atoms with Gasteiger partial charge in [0.1, 0.15) is 30.4 Å². The third-order valence-electron chi connectivity index (χ3n) is 4.90. The summed E-state index contributed by atoms with van der Waals surface area (Å²) in [5.74, 6) is 1.60. The zero-order chi connectivity index (χ0) is 23.5. The van der Waals surface area contributed by atoms with Crippen molar-refractivity contribution in [2.75, 3.05) is 6.61 Å². The Morgan fingerprint density at radius 2 is 1.79 bits per heavy atom. The minimum atomic E-state index is -0.423. The number of carbonyl (C=O) groups excluding carboxylic acids is 1. The quantitative estimate of drug-likeness (QED) is 0.195. The van der Waals surface area contributed by atoms with Crippen molar-refractivity contribution in [1.82, 2.24) is 4.98 Å². The van der Waals surface area contributed by atoms with Crippen LogP contribution in [0.2, 0.25) is 0 Å². The minimum Gasteiger partial charge on any atom is -0.487 e. The van der Waals surface area contributed by atoms with Gasteiger partial charge in [-0.05, 0) is 50.1 Å². The van der Waals surface area contributed by atoms with E-state index in [9.17, 15) is 4.79 Å². The van der Waals surface area contributed by atoms with Crippen molar-refractivity contribution >= 4 is 11.7 Å². The second-order valence-electron chi connectivity index (χ2n) is 7.46. The summed E-state index contributed by atoms with van der Waals surface area (Å²) in [5.41, 5.74) is 2.92. The zero-order valence-electron chi connectivity index (χ0n) is 19.4. The van der Waals surface area contributed by atoms with Gasteiger partial charge in [0.15, 0.2) is 5.71 Å². The predicted octanol–water partition coefficient (Wildman–Crippen LogP) is 5.85. The molecule has 0 spiro atoms. The first-order valence-electron chi connectivity index (χ1n) is 11.2. The van der Waals surface area contributed by atoms with E-state index in [0.29, 0.717) is 37.0 Å². The molecule has 174 valence electrons. The largest absolute Gasteiger partial charge is 0.487 e. The molecule has 3 rings (SSSR count). The number of oxime groups is 1. The van der Waals surface area contributed by atoms with E-state index >= 15 is 0 Å². The van der Waals surface area contributed by atoms with E-state index < -0.39 is 5.97 Å². The Morgan fingerprint density at radius 3 is 2.48 bits per heavy atom. The number of oxazole rings is 1. The summed E-state index contributed by atoms with van der Waals surface area (Å²) in [4.78, 5) is 21.9. The molecule has 0 aliphatic rings. The van der Waals surface area contributed by atoms with Crippen LogP contribution in [0.3, 0.4) is 0 Å². The molecule has 7 heteroatoms. The number of ether oxygens (including phenoxy) is 2. The fraction of sp³-hybridized carbons (Fsp3) is 0.346. The van der Waals surface area contributed by atoms with Gasteiger partial charge in [-0.15, -0.1) is 0 Å². The molecule has 0 unspecified atom stereocenters. The molecule has 0 fully saturated rings. The number of nitrogens with zero attached hydrogens (tertiary/aromatic N) is 2. The summed E-state index contributed by atoms with van der Waals surface area (Å²) in [7, 11) is 0. The Balaban J connectivity index is 1.53. The van der Waals surface area contributed by atoms with Gasteiger partial charge in [-0.1, -0.05) is 48.8 Å². The lowest BCUT2D eigenvalue weighted by Gasteiger charge is -2.07. The number of esters is 1. The maximum absolute atomic E-state index is 12.0. The van der Waals surface area contributed by atoms with Crippen LogP contribution in [0.15, 0.2) is 64.2 Å². The Bertz CT molecular complexity index is 1040. The van der Waals surface area contributed by atoms with Crippen LogP contribution in [0.5, 0.6) is 5.75 Å². The number of unbranched alkanes of at least 4 members (excludes halogenated alkanes) is 1. The van der Waals surface area contributed by atoms with Gasteiger partial charge in [-0.2, -0.15) is 0 Å². The summed E-state index contributed by atoms with van der Waals surface area (Å²) in [5, 5.41) is 4.00. The molecule has 33 heavy (non-hydrogen) atoms. The summed E-state index contributed by atoms with van der Waals surface area (Å²) in [6.45, 7) is 6.57. The number of benzene rings is 2. The lowest BCUT2D eigenvalue weighted by molar-refractivity contribution is -0.135. The zero-order valence-corrected chi connectivity index (χ0v) is 19.4.